The maximum atomic E-state index is 14.0. The minimum atomic E-state index is -4.58. The molecule has 4 heterocycles. The minimum Gasteiger partial charge on any atom is -0.457 e. The Kier molecular flexibility index (Phi) is 7.68. The fourth-order valence-electron chi connectivity index (χ4n) is 5.99. The molecule has 244 valence electrons. The molecule has 0 spiro atoms. The molecule has 0 N–H and O–H groups in total. The first kappa shape index (κ1) is 30.8. The van der Waals surface area contributed by atoms with Crippen LogP contribution in [0.3, 0.4) is 0 Å². The Balaban J connectivity index is 1.21. The average Bonchev–Trinajstić information content (AvgIpc) is 3.44. The van der Waals surface area contributed by atoms with Crippen molar-refractivity contribution >= 4 is 21.8 Å². The average molecular weight is 666 g/mol. The highest BCUT2D eigenvalue weighted by Crippen LogP contribution is 2.40. The molecule has 0 amide bonds. The second kappa shape index (κ2) is 12.5. The molecular weight excluding hydrogens is 639 g/mol. The van der Waals surface area contributed by atoms with Gasteiger partial charge >= 0.3 is 6.18 Å². The van der Waals surface area contributed by atoms with Gasteiger partial charge in [0.25, 0.3) is 0 Å². The van der Waals surface area contributed by atoms with Crippen LogP contribution >= 0.6 is 0 Å². The van der Waals surface area contributed by atoms with Gasteiger partial charge in [0.15, 0.2) is 0 Å². The first-order valence-electron chi connectivity index (χ1n) is 15.7. The zero-order valence-corrected chi connectivity index (χ0v) is 26.5. The summed E-state index contributed by atoms with van der Waals surface area (Å²) in [5.74, 6) is 2.02. The monoisotopic (exact) mass is 665 g/mol. The van der Waals surface area contributed by atoms with Gasteiger partial charge in [0, 0.05) is 58.8 Å². The molecule has 0 aliphatic heterocycles. The summed E-state index contributed by atoms with van der Waals surface area (Å²) in [4.78, 5) is 17.8. The molecule has 8 rings (SSSR count). The number of halogens is 3. The van der Waals surface area contributed by atoms with Gasteiger partial charge in [0.05, 0.1) is 28.0 Å². The molecule has 0 aliphatic carbocycles. The van der Waals surface area contributed by atoms with Gasteiger partial charge in [-0.05, 0) is 103 Å². The highest BCUT2D eigenvalue weighted by molar-refractivity contribution is 6.09. The molecule has 0 radical (unpaired) electrons. The fraction of sp³-hybridized carbons (Fsp3) is 0.0500. The van der Waals surface area contributed by atoms with Crippen LogP contribution in [-0.2, 0) is 6.18 Å². The Morgan fingerprint density at radius 2 is 1.06 bits per heavy atom. The number of alkyl halides is 3. The van der Waals surface area contributed by atoms with E-state index in [1.807, 2.05) is 66.1 Å². The number of rotatable bonds is 7. The lowest BCUT2D eigenvalue weighted by atomic mass is 10.1. The topological polar surface area (TPSA) is 75.0 Å². The van der Waals surface area contributed by atoms with Crippen molar-refractivity contribution in [3.05, 3.63) is 151 Å². The smallest absolute Gasteiger partial charge is 0.416 e. The SMILES string of the molecule is Cc1cc(Oc2ccc3c4ccc(Oc5cc(-c6ccccn6)cc(C(F)(F)F)c5)cc4n(-c4ncccn4)c3c2)cc(-c2ccccn2)c1. The Morgan fingerprint density at radius 3 is 1.60 bits per heavy atom. The molecule has 4 aromatic carbocycles. The van der Waals surface area contributed by atoms with Crippen LogP contribution in [-0.4, -0.2) is 24.5 Å². The number of hydrogen-bond acceptors (Lipinski definition) is 6. The number of benzene rings is 4. The highest BCUT2D eigenvalue weighted by Gasteiger charge is 2.32. The van der Waals surface area contributed by atoms with Crippen LogP contribution < -0.4 is 9.47 Å². The molecule has 4 aromatic heterocycles. The van der Waals surface area contributed by atoms with Crippen LogP contribution in [0.2, 0.25) is 0 Å². The molecule has 0 bridgehead atoms. The zero-order valence-electron chi connectivity index (χ0n) is 26.5. The van der Waals surface area contributed by atoms with Crippen molar-refractivity contribution in [2.24, 2.45) is 0 Å². The molecule has 10 heteroatoms. The standard InChI is InChI=1S/C40H26F3N5O2/c1-25-17-26(35-7-2-4-13-44-35)20-31(18-25)49-29-9-11-33-34-12-10-30(24-38(34)48(37(33)23-29)39-46-15-6-16-47-39)50-32-21-27(36-8-3-5-14-45-36)19-28(22-32)40(41,42)43/h2-24H,1H3. The molecule has 0 atom stereocenters. The molecule has 0 fully saturated rings. The van der Waals surface area contributed by atoms with Gasteiger partial charge in [-0.15, -0.1) is 0 Å². The quantitative estimate of drug-likeness (QED) is 0.169. The second-order valence-electron chi connectivity index (χ2n) is 11.7. The van der Waals surface area contributed by atoms with Crippen LogP contribution in [0, 0.1) is 6.92 Å². The van der Waals surface area contributed by atoms with Crippen molar-refractivity contribution in [2.75, 3.05) is 0 Å². The van der Waals surface area contributed by atoms with Crippen molar-refractivity contribution in [3.63, 3.8) is 0 Å². The van der Waals surface area contributed by atoms with E-state index >= 15 is 0 Å². The van der Waals surface area contributed by atoms with E-state index in [9.17, 15) is 13.2 Å². The van der Waals surface area contributed by atoms with Crippen molar-refractivity contribution < 1.29 is 22.6 Å². The van der Waals surface area contributed by atoms with E-state index in [0.717, 1.165) is 45.2 Å². The molecule has 0 saturated heterocycles. The summed E-state index contributed by atoms with van der Waals surface area (Å²) < 4.78 is 56.3. The lowest BCUT2D eigenvalue weighted by Gasteiger charge is -2.13. The van der Waals surface area contributed by atoms with Crippen molar-refractivity contribution in [3.8, 4) is 51.5 Å². The Hall–Kier alpha value is -6.55. The van der Waals surface area contributed by atoms with Crippen molar-refractivity contribution in [1.82, 2.24) is 24.5 Å². The fourth-order valence-corrected chi connectivity index (χ4v) is 5.99. The third-order valence-corrected chi connectivity index (χ3v) is 8.14. The molecular formula is C40H26F3N5O2. The van der Waals surface area contributed by atoms with E-state index in [1.54, 1.807) is 61.1 Å². The largest absolute Gasteiger partial charge is 0.457 e. The number of hydrogen-bond donors (Lipinski definition) is 0. The van der Waals surface area contributed by atoms with Crippen LogP contribution in [0.5, 0.6) is 23.0 Å². The predicted molar refractivity (Wildman–Crippen MR) is 186 cm³/mol. The van der Waals surface area contributed by atoms with Gasteiger partial charge in [-0.2, -0.15) is 13.2 Å². The van der Waals surface area contributed by atoms with Crippen LogP contribution in [0.15, 0.2) is 140 Å². The zero-order chi connectivity index (χ0) is 34.2. The number of ether oxygens (including phenoxy) is 2. The van der Waals surface area contributed by atoms with Gasteiger partial charge in [0.1, 0.15) is 23.0 Å². The second-order valence-corrected chi connectivity index (χ2v) is 11.7. The number of fused-ring (bicyclic) bond motifs is 3. The predicted octanol–water partition coefficient (Wildman–Crippen LogP) is 10.6. The molecule has 0 unspecified atom stereocenters. The van der Waals surface area contributed by atoms with E-state index in [4.69, 9.17) is 9.47 Å². The van der Waals surface area contributed by atoms with E-state index in [0.29, 0.717) is 34.4 Å². The third kappa shape index (κ3) is 6.10. The van der Waals surface area contributed by atoms with Gasteiger partial charge in [-0.25, -0.2) is 9.97 Å². The summed E-state index contributed by atoms with van der Waals surface area (Å²) in [6.07, 6.45) is 2.00. The summed E-state index contributed by atoms with van der Waals surface area (Å²) in [7, 11) is 0. The third-order valence-electron chi connectivity index (χ3n) is 8.14. The van der Waals surface area contributed by atoms with Gasteiger partial charge in [0.2, 0.25) is 5.95 Å². The van der Waals surface area contributed by atoms with Gasteiger partial charge in [-0.3, -0.25) is 14.5 Å². The maximum absolute atomic E-state index is 14.0. The molecule has 0 saturated carbocycles. The van der Waals surface area contributed by atoms with Crippen LogP contribution in [0.1, 0.15) is 11.1 Å². The number of aromatic nitrogens is 5. The van der Waals surface area contributed by atoms with E-state index in [-0.39, 0.29) is 11.3 Å². The molecule has 7 nitrogen and oxygen atoms in total. The van der Waals surface area contributed by atoms with Gasteiger partial charge in [-0.1, -0.05) is 12.1 Å². The van der Waals surface area contributed by atoms with E-state index < -0.39 is 11.7 Å². The summed E-state index contributed by atoms with van der Waals surface area (Å²) in [5.41, 5.74) is 4.13. The summed E-state index contributed by atoms with van der Waals surface area (Å²) in [6.45, 7) is 2.01. The first-order valence-corrected chi connectivity index (χ1v) is 15.7. The molecule has 0 aliphatic rings. The summed E-state index contributed by atoms with van der Waals surface area (Å²) >= 11 is 0. The Morgan fingerprint density at radius 1 is 0.520 bits per heavy atom. The number of aryl methyl sites for hydroxylation is 1. The van der Waals surface area contributed by atoms with Crippen molar-refractivity contribution in [2.45, 2.75) is 13.1 Å². The normalized spacial score (nSPS) is 11.6. The first-order chi connectivity index (χ1) is 24.3. The van der Waals surface area contributed by atoms with E-state index in [2.05, 4.69) is 26.0 Å². The molecule has 8 aromatic rings. The minimum absolute atomic E-state index is 0.0253. The van der Waals surface area contributed by atoms with Gasteiger partial charge < -0.3 is 9.47 Å². The van der Waals surface area contributed by atoms with Crippen LogP contribution in [0.4, 0.5) is 13.2 Å². The Labute approximate surface area is 284 Å². The summed E-state index contributed by atoms with van der Waals surface area (Å²) in [5, 5.41) is 1.78. The lowest BCUT2D eigenvalue weighted by molar-refractivity contribution is -0.137. The Bertz CT molecular complexity index is 2490. The van der Waals surface area contributed by atoms with Crippen molar-refractivity contribution in [1.29, 1.82) is 0 Å². The van der Waals surface area contributed by atoms with E-state index in [1.165, 1.54) is 6.20 Å². The number of nitrogens with zero attached hydrogens (tertiary/aromatic N) is 5. The van der Waals surface area contributed by atoms with Crippen LogP contribution in [0.25, 0.3) is 50.3 Å². The lowest BCUT2D eigenvalue weighted by Crippen LogP contribution is -2.05. The molecule has 50 heavy (non-hydrogen) atoms. The highest BCUT2D eigenvalue weighted by atomic mass is 19.4. The summed E-state index contributed by atoms with van der Waals surface area (Å²) in [6, 6.07) is 33.3. The maximum Gasteiger partial charge on any atom is 0.416 e. The number of pyridine rings is 2.